The number of halogens is 3. The molecule has 94 valence electrons. The van der Waals surface area contributed by atoms with Crippen molar-refractivity contribution in [2.24, 2.45) is 0 Å². The molecule has 0 aliphatic rings. The molecule has 2 aromatic rings. The van der Waals surface area contributed by atoms with E-state index in [9.17, 15) is 4.39 Å². The van der Waals surface area contributed by atoms with Crippen LogP contribution >= 0.6 is 34.2 Å². The second-order valence-electron chi connectivity index (χ2n) is 3.96. The fourth-order valence-electron chi connectivity index (χ4n) is 1.54. The molecule has 0 saturated carbocycles. The Morgan fingerprint density at radius 1 is 1.22 bits per heavy atom. The lowest BCUT2D eigenvalue weighted by Crippen LogP contribution is -1.99. The minimum Gasteiger partial charge on any atom is -0.397 e. The molecule has 5 heteroatoms. The van der Waals surface area contributed by atoms with Gasteiger partial charge in [-0.3, -0.25) is 0 Å². The van der Waals surface area contributed by atoms with E-state index < -0.39 is 0 Å². The van der Waals surface area contributed by atoms with Crippen molar-refractivity contribution in [3.63, 3.8) is 0 Å². The summed E-state index contributed by atoms with van der Waals surface area (Å²) < 4.78 is 14.0. The van der Waals surface area contributed by atoms with E-state index in [1.54, 1.807) is 6.07 Å². The molecule has 0 spiro atoms. The fourth-order valence-corrected chi connectivity index (χ4v) is 2.31. The first-order chi connectivity index (χ1) is 8.47. The maximum Gasteiger partial charge on any atom is 0.138 e. The van der Waals surface area contributed by atoms with Gasteiger partial charge in [0.2, 0.25) is 0 Å². The lowest BCUT2D eigenvalue weighted by Gasteiger charge is -2.12. The number of nitrogens with one attached hydrogen (secondary N) is 1. The smallest absolute Gasteiger partial charge is 0.138 e. The van der Waals surface area contributed by atoms with Crippen LogP contribution in [0.15, 0.2) is 30.3 Å². The molecule has 0 heterocycles. The summed E-state index contributed by atoms with van der Waals surface area (Å²) in [6, 6.07) is 8.55. The molecule has 0 amide bonds. The van der Waals surface area contributed by atoms with Crippen LogP contribution in [0.5, 0.6) is 0 Å². The number of nitrogen functional groups attached to an aromatic ring is 1. The summed E-state index contributed by atoms with van der Waals surface area (Å²) in [6.45, 7) is 1.95. The van der Waals surface area contributed by atoms with Gasteiger partial charge in [-0.05, 0) is 53.3 Å². The summed E-state index contributed by atoms with van der Waals surface area (Å²) >= 11 is 8.00. The molecule has 0 radical (unpaired) electrons. The van der Waals surface area contributed by atoms with Gasteiger partial charge in [-0.1, -0.05) is 17.7 Å². The highest BCUT2D eigenvalue weighted by atomic mass is 127. The van der Waals surface area contributed by atoms with E-state index in [1.807, 2.05) is 47.7 Å². The Bertz CT molecular complexity index is 602. The summed E-state index contributed by atoms with van der Waals surface area (Å²) in [5.74, 6) is -0.310. The minimum atomic E-state index is -0.310. The van der Waals surface area contributed by atoms with Crippen molar-refractivity contribution in [2.75, 3.05) is 11.1 Å². The molecule has 0 aromatic heterocycles. The van der Waals surface area contributed by atoms with Crippen molar-refractivity contribution in [2.45, 2.75) is 6.92 Å². The lowest BCUT2D eigenvalue weighted by atomic mass is 10.2. The third-order valence-electron chi connectivity index (χ3n) is 2.49. The summed E-state index contributed by atoms with van der Waals surface area (Å²) in [7, 11) is 0. The average Bonchev–Trinajstić information content (AvgIpc) is 2.29. The third kappa shape index (κ3) is 2.87. The first kappa shape index (κ1) is 13.4. The molecule has 0 saturated heterocycles. The third-order valence-corrected chi connectivity index (χ3v) is 3.63. The minimum absolute atomic E-state index is 0.310. The quantitative estimate of drug-likeness (QED) is 0.588. The maximum atomic E-state index is 13.5. The number of nitrogens with two attached hydrogens (primary N) is 1. The van der Waals surface area contributed by atoms with E-state index in [2.05, 4.69) is 5.32 Å². The molecule has 2 nitrogen and oxygen atoms in total. The largest absolute Gasteiger partial charge is 0.397 e. The number of benzene rings is 2. The highest BCUT2D eigenvalue weighted by Gasteiger charge is 2.08. The zero-order valence-electron chi connectivity index (χ0n) is 9.60. The molecule has 2 rings (SSSR count). The number of hydrogen-bond acceptors (Lipinski definition) is 2. The summed E-state index contributed by atoms with van der Waals surface area (Å²) in [5.41, 5.74) is 8.60. The van der Waals surface area contributed by atoms with Gasteiger partial charge in [0.25, 0.3) is 0 Å². The van der Waals surface area contributed by atoms with Crippen molar-refractivity contribution in [1.82, 2.24) is 0 Å². The molecule has 2 aromatic carbocycles. The van der Waals surface area contributed by atoms with Gasteiger partial charge in [0.05, 0.1) is 25.7 Å². The average molecular weight is 377 g/mol. The van der Waals surface area contributed by atoms with Crippen molar-refractivity contribution in [3.8, 4) is 0 Å². The molecule has 0 aliphatic heterocycles. The van der Waals surface area contributed by atoms with Crippen LogP contribution in [0, 0.1) is 16.3 Å². The zero-order chi connectivity index (χ0) is 13.3. The predicted molar refractivity (Wildman–Crippen MR) is 83.0 cm³/mol. The first-order valence-electron chi connectivity index (χ1n) is 5.25. The van der Waals surface area contributed by atoms with Crippen LogP contribution in [0.4, 0.5) is 21.5 Å². The first-order valence-corrected chi connectivity index (χ1v) is 6.71. The molecule has 0 atom stereocenters. The highest BCUT2D eigenvalue weighted by molar-refractivity contribution is 14.1. The Morgan fingerprint density at radius 3 is 2.61 bits per heavy atom. The van der Waals surface area contributed by atoms with E-state index in [4.69, 9.17) is 17.3 Å². The SMILES string of the molecule is Cc1ccc(Nc2cc(F)c(I)cc2N)c(Cl)c1. The summed E-state index contributed by atoms with van der Waals surface area (Å²) in [6.07, 6.45) is 0. The normalized spacial score (nSPS) is 10.4. The van der Waals surface area contributed by atoms with Gasteiger partial charge in [0.15, 0.2) is 0 Å². The van der Waals surface area contributed by atoms with Crippen LogP contribution < -0.4 is 11.1 Å². The number of hydrogen-bond donors (Lipinski definition) is 2. The Kier molecular flexibility index (Phi) is 3.97. The molecular weight excluding hydrogens is 366 g/mol. The van der Waals surface area contributed by atoms with Crippen molar-refractivity contribution in [1.29, 1.82) is 0 Å². The molecule has 0 bridgehead atoms. The monoisotopic (exact) mass is 376 g/mol. The van der Waals surface area contributed by atoms with Crippen LogP contribution in [0.25, 0.3) is 0 Å². The van der Waals surface area contributed by atoms with Crippen molar-refractivity contribution in [3.05, 3.63) is 50.3 Å². The summed E-state index contributed by atoms with van der Waals surface area (Å²) in [4.78, 5) is 0. The zero-order valence-corrected chi connectivity index (χ0v) is 12.5. The number of rotatable bonds is 2. The Balaban J connectivity index is 2.37. The van der Waals surface area contributed by atoms with Gasteiger partial charge in [-0.15, -0.1) is 0 Å². The second kappa shape index (κ2) is 5.32. The van der Waals surface area contributed by atoms with Gasteiger partial charge >= 0.3 is 0 Å². The van der Waals surface area contributed by atoms with Crippen LogP contribution in [-0.4, -0.2) is 0 Å². The second-order valence-corrected chi connectivity index (χ2v) is 5.53. The van der Waals surface area contributed by atoms with Gasteiger partial charge < -0.3 is 11.1 Å². The van der Waals surface area contributed by atoms with E-state index >= 15 is 0 Å². The standard InChI is InChI=1S/C13H11ClFIN2/c1-7-2-3-12(8(14)4-7)18-13-5-9(15)10(16)6-11(13)17/h2-6,18H,17H2,1H3. The predicted octanol–water partition coefficient (Wildman–Crippen LogP) is 4.72. The van der Waals surface area contributed by atoms with Gasteiger partial charge in [0.1, 0.15) is 5.82 Å². The van der Waals surface area contributed by atoms with Crippen molar-refractivity contribution >= 4 is 51.3 Å². The fraction of sp³-hybridized carbons (Fsp3) is 0.0769. The highest BCUT2D eigenvalue weighted by Crippen LogP contribution is 2.31. The topological polar surface area (TPSA) is 38.0 Å². The Morgan fingerprint density at radius 2 is 1.94 bits per heavy atom. The number of aryl methyl sites for hydroxylation is 1. The molecule has 0 unspecified atom stereocenters. The Labute approximate surface area is 123 Å². The van der Waals surface area contributed by atoms with Gasteiger partial charge in [-0.25, -0.2) is 4.39 Å². The molecule has 18 heavy (non-hydrogen) atoms. The number of anilines is 3. The Hall–Kier alpha value is -1.01. The molecule has 0 fully saturated rings. The van der Waals surface area contributed by atoms with E-state index in [1.165, 1.54) is 6.07 Å². The van der Waals surface area contributed by atoms with Gasteiger partial charge in [-0.2, -0.15) is 0 Å². The van der Waals surface area contributed by atoms with Gasteiger partial charge in [0, 0.05) is 6.07 Å². The van der Waals surface area contributed by atoms with E-state index in [0.29, 0.717) is 25.7 Å². The molecule has 0 aliphatic carbocycles. The lowest BCUT2D eigenvalue weighted by molar-refractivity contribution is 0.621. The van der Waals surface area contributed by atoms with Crippen LogP contribution in [0.1, 0.15) is 5.56 Å². The van der Waals surface area contributed by atoms with E-state index in [0.717, 1.165) is 5.56 Å². The molecular formula is C13H11ClFIN2. The van der Waals surface area contributed by atoms with E-state index in [-0.39, 0.29) is 5.82 Å². The van der Waals surface area contributed by atoms with Crippen LogP contribution in [0.2, 0.25) is 5.02 Å². The van der Waals surface area contributed by atoms with Crippen LogP contribution in [-0.2, 0) is 0 Å². The van der Waals surface area contributed by atoms with Crippen LogP contribution in [0.3, 0.4) is 0 Å². The molecule has 3 N–H and O–H groups in total. The summed E-state index contributed by atoms with van der Waals surface area (Å²) in [5, 5.41) is 3.61. The maximum absolute atomic E-state index is 13.5. The van der Waals surface area contributed by atoms with Crippen molar-refractivity contribution < 1.29 is 4.39 Å².